The highest BCUT2D eigenvalue weighted by Gasteiger charge is 2.20. The second-order valence-electron chi connectivity index (χ2n) is 7.60. The van der Waals surface area contributed by atoms with Gasteiger partial charge in [-0.2, -0.15) is 5.10 Å². The number of carbonyl (C=O) groups excluding carboxylic acids is 2. The molecule has 0 radical (unpaired) electrons. The molecule has 0 saturated carbocycles. The van der Waals surface area contributed by atoms with Crippen molar-refractivity contribution < 1.29 is 9.59 Å². The zero-order valence-electron chi connectivity index (χ0n) is 16.1. The van der Waals surface area contributed by atoms with Crippen molar-refractivity contribution in [1.29, 1.82) is 0 Å². The topological polar surface area (TPSA) is 79.3 Å². The Morgan fingerprint density at radius 2 is 2.14 bits per heavy atom. The fourth-order valence-electron chi connectivity index (χ4n) is 3.92. The molecule has 0 bridgehead atoms. The first kappa shape index (κ1) is 18.7. The summed E-state index contributed by atoms with van der Waals surface area (Å²) in [6.45, 7) is 3.86. The van der Waals surface area contributed by atoms with Crippen molar-refractivity contribution in [3.8, 4) is 0 Å². The molecule has 1 unspecified atom stereocenters. The average Bonchev–Trinajstić information content (AvgIpc) is 3.37. The van der Waals surface area contributed by atoms with Gasteiger partial charge in [-0.3, -0.25) is 14.3 Å². The van der Waals surface area contributed by atoms with E-state index in [1.807, 2.05) is 34.0 Å². The summed E-state index contributed by atoms with van der Waals surface area (Å²) < 4.78 is 1.90. The first-order valence-corrected chi connectivity index (χ1v) is 10.1. The van der Waals surface area contributed by atoms with E-state index in [0.29, 0.717) is 31.2 Å². The van der Waals surface area contributed by atoms with E-state index in [0.717, 1.165) is 50.0 Å². The van der Waals surface area contributed by atoms with Crippen molar-refractivity contribution in [3.05, 3.63) is 53.3 Å². The van der Waals surface area contributed by atoms with Crippen LogP contribution < -0.4 is 10.6 Å². The van der Waals surface area contributed by atoms with Crippen molar-refractivity contribution in [3.63, 3.8) is 0 Å². The molecule has 2 aliphatic rings. The van der Waals surface area contributed by atoms with Crippen LogP contribution in [-0.2, 0) is 17.9 Å². The van der Waals surface area contributed by atoms with E-state index in [4.69, 9.17) is 0 Å². The lowest BCUT2D eigenvalue weighted by Gasteiger charge is -2.22. The molecule has 1 aromatic carbocycles. The van der Waals surface area contributed by atoms with Gasteiger partial charge in [-0.05, 0) is 43.0 Å². The number of hydrogen-bond acceptors (Lipinski definition) is 4. The van der Waals surface area contributed by atoms with Gasteiger partial charge < -0.3 is 15.5 Å². The molecule has 4 rings (SSSR count). The predicted molar refractivity (Wildman–Crippen MR) is 106 cm³/mol. The number of nitrogens with zero attached hydrogens (tertiary/aromatic N) is 3. The quantitative estimate of drug-likeness (QED) is 0.801. The van der Waals surface area contributed by atoms with E-state index in [9.17, 15) is 9.59 Å². The number of likely N-dealkylation sites (tertiary alicyclic amines) is 1. The molecule has 148 valence electrons. The standard InChI is InChI=1S/C21H27N5O2/c27-20-7-3-10-25(20)15-17-5-1-4-16(12-17)13-23-21(28)19-8-11-26(24-19)18-6-2-9-22-14-18/h1,4-5,8,11-12,18,22H,2-3,6-7,9-10,13-15H2,(H,23,28). The average molecular weight is 381 g/mol. The molecule has 3 heterocycles. The number of aromatic nitrogens is 2. The van der Waals surface area contributed by atoms with Crippen molar-refractivity contribution in [2.75, 3.05) is 19.6 Å². The molecule has 2 aliphatic heterocycles. The van der Waals surface area contributed by atoms with Gasteiger partial charge in [-0.25, -0.2) is 0 Å². The number of hydrogen-bond donors (Lipinski definition) is 2. The smallest absolute Gasteiger partial charge is 0.272 e. The normalized spacial score (nSPS) is 19.8. The molecule has 2 aromatic rings. The summed E-state index contributed by atoms with van der Waals surface area (Å²) >= 11 is 0. The number of piperidine rings is 1. The lowest BCUT2D eigenvalue weighted by molar-refractivity contribution is -0.128. The molecule has 7 nitrogen and oxygen atoms in total. The van der Waals surface area contributed by atoms with Gasteiger partial charge in [-0.15, -0.1) is 0 Å². The second kappa shape index (κ2) is 8.56. The van der Waals surface area contributed by atoms with Crippen LogP contribution in [0.2, 0.25) is 0 Å². The maximum atomic E-state index is 12.5. The highest BCUT2D eigenvalue weighted by atomic mass is 16.2. The summed E-state index contributed by atoms with van der Waals surface area (Å²) in [5, 5.41) is 10.8. The highest BCUT2D eigenvalue weighted by molar-refractivity contribution is 5.92. The predicted octanol–water partition coefficient (Wildman–Crippen LogP) is 1.86. The molecule has 2 amide bonds. The minimum absolute atomic E-state index is 0.164. The molecule has 0 aliphatic carbocycles. The summed E-state index contributed by atoms with van der Waals surface area (Å²) in [6.07, 6.45) is 5.70. The zero-order valence-corrected chi connectivity index (χ0v) is 16.1. The second-order valence-corrected chi connectivity index (χ2v) is 7.60. The van der Waals surface area contributed by atoms with Gasteiger partial charge in [0.05, 0.1) is 6.04 Å². The Morgan fingerprint density at radius 3 is 2.93 bits per heavy atom. The van der Waals surface area contributed by atoms with E-state index in [2.05, 4.69) is 21.8 Å². The van der Waals surface area contributed by atoms with Gasteiger partial charge in [0.2, 0.25) is 5.91 Å². The minimum atomic E-state index is -0.164. The Labute approximate surface area is 165 Å². The molecule has 1 atom stereocenters. The summed E-state index contributed by atoms with van der Waals surface area (Å²) in [5.41, 5.74) is 2.56. The molecule has 2 saturated heterocycles. The van der Waals surface area contributed by atoms with Crippen LogP contribution in [0, 0.1) is 0 Å². The van der Waals surface area contributed by atoms with Gasteiger partial charge in [0.25, 0.3) is 5.91 Å². The van der Waals surface area contributed by atoms with Crippen molar-refractivity contribution in [1.82, 2.24) is 25.3 Å². The Balaban J connectivity index is 1.32. The molecule has 7 heteroatoms. The van der Waals surface area contributed by atoms with E-state index in [1.165, 1.54) is 0 Å². The summed E-state index contributed by atoms with van der Waals surface area (Å²) in [6, 6.07) is 10.1. The Morgan fingerprint density at radius 1 is 1.25 bits per heavy atom. The Kier molecular flexibility index (Phi) is 5.71. The fraction of sp³-hybridized carbons (Fsp3) is 0.476. The van der Waals surface area contributed by atoms with Crippen LogP contribution >= 0.6 is 0 Å². The van der Waals surface area contributed by atoms with Gasteiger partial charge in [0.15, 0.2) is 0 Å². The third kappa shape index (κ3) is 4.42. The molecule has 28 heavy (non-hydrogen) atoms. The molecule has 0 spiro atoms. The van der Waals surface area contributed by atoms with Crippen LogP contribution in [0.25, 0.3) is 0 Å². The Bertz CT molecular complexity index is 841. The van der Waals surface area contributed by atoms with E-state index < -0.39 is 0 Å². The van der Waals surface area contributed by atoms with Gasteiger partial charge in [-0.1, -0.05) is 24.3 Å². The number of amides is 2. The van der Waals surface area contributed by atoms with E-state index >= 15 is 0 Å². The van der Waals surface area contributed by atoms with Crippen LogP contribution in [0.4, 0.5) is 0 Å². The summed E-state index contributed by atoms with van der Waals surface area (Å²) in [5.74, 6) is 0.0603. The van der Waals surface area contributed by atoms with Crippen molar-refractivity contribution in [2.45, 2.75) is 44.8 Å². The molecule has 1 aromatic heterocycles. The first-order chi connectivity index (χ1) is 13.7. The molecule has 2 fully saturated rings. The summed E-state index contributed by atoms with van der Waals surface area (Å²) in [4.78, 5) is 26.2. The van der Waals surface area contributed by atoms with E-state index in [-0.39, 0.29) is 11.8 Å². The lowest BCUT2D eigenvalue weighted by Crippen LogP contribution is -2.32. The van der Waals surface area contributed by atoms with Crippen LogP contribution in [-0.4, -0.2) is 46.1 Å². The maximum Gasteiger partial charge on any atom is 0.272 e. The number of nitrogens with one attached hydrogen (secondary N) is 2. The minimum Gasteiger partial charge on any atom is -0.347 e. The fourth-order valence-corrected chi connectivity index (χ4v) is 3.92. The number of carbonyl (C=O) groups is 2. The highest BCUT2D eigenvalue weighted by Crippen LogP contribution is 2.17. The SMILES string of the molecule is O=C(NCc1cccc(CN2CCCC2=O)c1)c1ccn(C2CCCNC2)n1. The van der Waals surface area contributed by atoms with Gasteiger partial charge >= 0.3 is 0 Å². The van der Waals surface area contributed by atoms with Gasteiger partial charge in [0.1, 0.15) is 5.69 Å². The third-order valence-corrected chi connectivity index (χ3v) is 5.48. The van der Waals surface area contributed by atoms with Crippen LogP contribution in [0.5, 0.6) is 0 Å². The van der Waals surface area contributed by atoms with Gasteiger partial charge in [0, 0.05) is 38.8 Å². The van der Waals surface area contributed by atoms with Crippen LogP contribution in [0.3, 0.4) is 0 Å². The number of benzene rings is 1. The number of rotatable bonds is 6. The molecular formula is C21H27N5O2. The zero-order chi connectivity index (χ0) is 19.3. The molecule has 2 N–H and O–H groups in total. The first-order valence-electron chi connectivity index (χ1n) is 10.1. The van der Waals surface area contributed by atoms with Crippen molar-refractivity contribution in [2.24, 2.45) is 0 Å². The largest absolute Gasteiger partial charge is 0.347 e. The van der Waals surface area contributed by atoms with E-state index in [1.54, 1.807) is 6.07 Å². The Hall–Kier alpha value is -2.67. The monoisotopic (exact) mass is 381 g/mol. The van der Waals surface area contributed by atoms with Crippen LogP contribution in [0.1, 0.15) is 53.3 Å². The maximum absolute atomic E-state index is 12.5. The lowest BCUT2D eigenvalue weighted by atomic mass is 10.1. The molecular weight excluding hydrogens is 354 g/mol. The third-order valence-electron chi connectivity index (χ3n) is 5.48. The van der Waals surface area contributed by atoms with Crippen LogP contribution in [0.15, 0.2) is 36.5 Å². The summed E-state index contributed by atoms with van der Waals surface area (Å²) in [7, 11) is 0. The van der Waals surface area contributed by atoms with Crippen molar-refractivity contribution >= 4 is 11.8 Å².